The summed E-state index contributed by atoms with van der Waals surface area (Å²) < 4.78 is 22.3. The summed E-state index contributed by atoms with van der Waals surface area (Å²) >= 11 is 0. The minimum atomic E-state index is -0.679. The van der Waals surface area contributed by atoms with E-state index in [9.17, 15) is 9.59 Å². The van der Waals surface area contributed by atoms with Crippen molar-refractivity contribution in [2.45, 2.75) is 43.4 Å². The number of rotatable bonds is 6. The standard InChI is InChI=1S/C23H28N2O6/c1-28-16-10-13(11-17(29-2)20(16)30-3)24-21(26)18-15-8-9-23(31-15)12-25(22(27)19(18)23)14-6-4-5-7-14/h8-11,14-15,18-19H,4-7,12H2,1-3H3,(H,24,26)/t15-,18+,19+,23-/m1/s1. The first-order valence-corrected chi connectivity index (χ1v) is 10.8. The van der Waals surface area contributed by atoms with E-state index in [0.717, 1.165) is 25.7 Å². The molecule has 1 aliphatic carbocycles. The summed E-state index contributed by atoms with van der Waals surface area (Å²) in [6, 6.07) is 3.63. The second-order valence-corrected chi connectivity index (χ2v) is 8.71. The first kappa shape index (κ1) is 20.2. The molecule has 0 radical (unpaired) electrons. The monoisotopic (exact) mass is 428 g/mol. The van der Waals surface area contributed by atoms with Crippen molar-refractivity contribution in [1.29, 1.82) is 0 Å². The Labute approximate surface area is 181 Å². The maximum atomic E-state index is 13.4. The summed E-state index contributed by atoms with van der Waals surface area (Å²) in [6.45, 7) is 0.544. The van der Waals surface area contributed by atoms with Crippen molar-refractivity contribution in [2.75, 3.05) is 33.2 Å². The summed E-state index contributed by atoms with van der Waals surface area (Å²) in [6.07, 6.45) is 7.91. The van der Waals surface area contributed by atoms with Crippen LogP contribution in [0, 0.1) is 11.8 Å². The fourth-order valence-electron chi connectivity index (χ4n) is 5.73. The van der Waals surface area contributed by atoms with Gasteiger partial charge in [0.15, 0.2) is 11.5 Å². The zero-order chi connectivity index (χ0) is 21.8. The molecule has 3 fully saturated rings. The molecular weight excluding hydrogens is 400 g/mol. The van der Waals surface area contributed by atoms with Gasteiger partial charge < -0.3 is 29.2 Å². The Hall–Kier alpha value is -2.74. The van der Waals surface area contributed by atoms with E-state index in [4.69, 9.17) is 18.9 Å². The second kappa shape index (κ2) is 7.44. The Kier molecular flexibility index (Phi) is 4.84. The summed E-state index contributed by atoms with van der Waals surface area (Å²) in [5.41, 5.74) is -0.167. The van der Waals surface area contributed by atoms with Gasteiger partial charge in [-0.3, -0.25) is 9.59 Å². The molecule has 0 aromatic heterocycles. The van der Waals surface area contributed by atoms with E-state index >= 15 is 0 Å². The molecule has 3 heterocycles. The van der Waals surface area contributed by atoms with E-state index < -0.39 is 17.4 Å². The third-order valence-electron chi connectivity index (χ3n) is 7.13. The lowest BCUT2D eigenvalue weighted by atomic mass is 9.76. The average Bonchev–Trinajstić information content (AvgIpc) is 3.54. The Balaban J connectivity index is 1.40. The van der Waals surface area contributed by atoms with E-state index in [-0.39, 0.29) is 24.0 Å². The topological polar surface area (TPSA) is 86.3 Å². The summed E-state index contributed by atoms with van der Waals surface area (Å²) in [7, 11) is 4.57. The molecule has 1 saturated carbocycles. The van der Waals surface area contributed by atoms with Gasteiger partial charge in [0.2, 0.25) is 17.6 Å². The highest BCUT2D eigenvalue weighted by atomic mass is 16.5. The Morgan fingerprint density at radius 3 is 2.42 bits per heavy atom. The van der Waals surface area contributed by atoms with Crippen LogP contribution >= 0.6 is 0 Å². The van der Waals surface area contributed by atoms with Crippen LogP contribution in [-0.2, 0) is 14.3 Å². The van der Waals surface area contributed by atoms with Gasteiger partial charge in [-0.25, -0.2) is 0 Å². The molecule has 0 unspecified atom stereocenters. The number of hydrogen-bond acceptors (Lipinski definition) is 6. The van der Waals surface area contributed by atoms with Crippen molar-refractivity contribution in [2.24, 2.45) is 11.8 Å². The highest BCUT2D eigenvalue weighted by Crippen LogP contribution is 2.53. The summed E-state index contributed by atoms with van der Waals surface area (Å²) in [4.78, 5) is 28.7. The van der Waals surface area contributed by atoms with E-state index in [1.54, 1.807) is 12.1 Å². The third-order valence-corrected chi connectivity index (χ3v) is 7.13. The molecule has 8 heteroatoms. The molecule has 1 N–H and O–H groups in total. The Morgan fingerprint density at radius 1 is 1.13 bits per heavy atom. The van der Waals surface area contributed by atoms with Crippen LogP contribution in [0.3, 0.4) is 0 Å². The van der Waals surface area contributed by atoms with E-state index in [1.165, 1.54) is 21.3 Å². The van der Waals surface area contributed by atoms with Crippen molar-refractivity contribution in [3.63, 3.8) is 0 Å². The molecule has 2 saturated heterocycles. The van der Waals surface area contributed by atoms with Crippen LogP contribution in [0.1, 0.15) is 25.7 Å². The van der Waals surface area contributed by atoms with Gasteiger partial charge >= 0.3 is 0 Å². The molecule has 31 heavy (non-hydrogen) atoms. The number of methoxy groups -OCH3 is 3. The van der Waals surface area contributed by atoms with Crippen molar-refractivity contribution in [3.8, 4) is 17.2 Å². The Bertz CT molecular complexity index is 915. The zero-order valence-electron chi connectivity index (χ0n) is 18.1. The van der Waals surface area contributed by atoms with Gasteiger partial charge in [0.1, 0.15) is 5.60 Å². The summed E-state index contributed by atoms with van der Waals surface area (Å²) in [5, 5.41) is 2.94. The van der Waals surface area contributed by atoms with Gasteiger partial charge in [-0.15, -0.1) is 0 Å². The lowest BCUT2D eigenvalue weighted by molar-refractivity contribution is -0.137. The normalized spacial score (nSPS) is 31.3. The molecule has 8 nitrogen and oxygen atoms in total. The van der Waals surface area contributed by atoms with Crippen LogP contribution in [0.4, 0.5) is 5.69 Å². The number of ether oxygens (including phenoxy) is 4. The highest BCUT2D eigenvalue weighted by Gasteiger charge is 2.67. The van der Waals surface area contributed by atoms with Crippen LogP contribution in [0.2, 0.25) is 0 Å². The number of fused-ring (bicyclic) bond motifs is 1. The minimum absolute atomic E-state index is 0.0452. The van der Waals surface area contributed by atoms with Gasteiger partial charge in [0, 0.05) is 23.9 Å². The Morgan fingerprint density at radius 2 is 1.81 bits per heavy atom. The van der Waals surface area contributed by atoms with E-state index in [0.29, 0.717) is 29.5 Å². The summed E-state index contributed by atoms with van der Waals surface area (Å²) in [5.74, 6) is 0.101. The van der Waals surface area contributed by atoms with Gasteiger partial charge in [-0.2, -0.15) is 0 Å². The molecule has 166 valence electrons. The predicted octanol–water partition coefficient (Wildman–Crippen LogP) is 2.38. The van der Waals surface area contributed by atoms with E-state index in [2.05, 4.69) is 5.32 Å². The van der Waals surface area contributed by atoms with Crippen LogP contribution < -0.4 is 19.5 Å². The average molecular weight is 428 g/mol. The van der Waals surface area contributed by atoms with Crippen LogP contribution in [-0.4, -0.2) is 62.3 Å². The zero-order valence-corrected chi connectivity index (χ0v) is 18.1. The molecule has 1 spiro atoms. The van der Waals surface area contributed by atoms with Crippen molar-refractivity contribution >= 4 is 17.5 Å². The molecule has 4 aliphatic rings. The van der Waals surface area contributed by atoms with Gasteiger partial charge in [0.25, 0.3) is 0 Å². The number of hydrogen-bond donors (Lipinski definition) is 1. The molecule has 1 aromatic rings. The minimum Gasteiger partial charge on any atom is -0.493 e. The number of benzene rings is 1. The van der Waals surface area contributed by atoms with Gasteiger partial charge in [-0.1, -0.05) is 25.0 Å². The number of amides is 2. The maximum Gasteiger partial charge on any atom is 0.231 e. The number of nitrogens with one attached hydrogen (secondary N) is 1. The fraction of sp³-hybridized carbons (Fsp3) is 0.565. The first-order chi connectivity index (χ1) is 15.0. The van der Waals surface area contributed by atoms with Gasteiger partial charge in [-0.05, 0) is 12.8 Å². The number of carbonyl (C=O) groups excluding carboxylic acids is 2. The number of likely N-dealkylation sites (tertiary alicyclic amines) is 1. The highest BCUT2D eigenvalue weighted by molar-refractivity contribution is 5.99. The predicted molar refractivity (Wildman–Crippen MR) is 112 cm³/mol. The smallest absolute Gasteiger partial charge is 0.231 e. The number of carbonyl (C=O) groups is 2. The molecule has 2 bridgehead atoms. The molecule has 2 amide bonds. The maximum absolute atomic E-state index is 13.4. The van der Waals surface area contributed by atoms with Crippen molar-refractivity contribution in [1.82, 2.24) is 4.90 Å². The van der Waals surface area contributed by atoms with Crippen molar-refractivity contribution < 1.29 is 28.5 Å². The molecule has 5 rings (SSSR count). The number of anilines is 1. The quantitative estimate of drug-likeness (QED) is 0.700. The third kappa shape index (κ3) is 2.99. The lowest BCUT2D eigenvalue weighted by Gasteiger charge is -2.27. The van der Waals surface area contributed by atoms with Gasteiger partial charge in [0.05, 0.1) is 45.8 Å². The fourth-order valence-corrected chi connectivity index (χ4v) is 5.73. The second-order valence-electron chi connectivity index (χ2n) is 8.71. The molecular formula is C23H28N2O6. The SMILES string of the molecule is COc1cc(NC(=O)[C@@H]2[C@H]3C(=O)N(C4CCCC4)C[C@]34C=C[C@H]2O4)cc(OC)c1OC. The number of nitrogens with zero attached hydrogens (tertiary/aromatic N) is 1. The van der Waals surface area contributed by atoms with Crippen LogP contribution in [0.15, 0.2) is 24.3 Å². The van der Waals surface area contributed by atoms with Crippen LogP contribution in [0.25, 0.3) is 0 Å². The van der Waals surface area contributed by atoms with Crippen molar-refractivity contribution in [3.05, 3.63) is 24.3 Å². The molecule has 3 aliphatic heterocycles. The largest absolute Gasteiger partial charge is 0.493 e. The van der Waals surface area contributed by atoms with Crippen LogP contribution in [0.5, 0.6) is 17.2 Å². The van der Waals surface area contributed by atoms with E-state index in [1.807, 2.05) is 17.1 Å². The molecule has 4 atom stereocenters. The lowest BCUT2D eigenvalue weighted by Crippen LogP contribution is -2.42. The first-order valence-electron chi connectivity index (χ1n) is 10.8. The molecule has 1 aromatic carbocycles.